The molecule has 0 unspecified atom stereocenters. The van der Waals surface area contributed by atoms with E-state index in [1.807, 2.05) is 24.3 Å². The second-order valence-corrected chi connectivity index (χ2v) is 21.0. The Morgan fingerprint density at radius 2 is 0.974 bits per heavy atom. The SMILES string of the molecule is CC(C)O.CC(C)O.COc1ccc(C2=CC[C]([Hf]([C]3=CC(c4ccc(OC)cc4)=CC3)=[C](C)C)=C2)cc1. The molecule has 2 aromatic rings. The molecule has 0 atom stereocenters. The Morgan fingerprint density at radius 1 is 0.658 bits per heavy atom. The molecule has 2 aromatic carbocycles. The van der Waals surface area contributed by atoms with Gasteiger partial charge < -0.3 is 10.2 Å². The molecule has 4 rings (SSSR count). The van der Waals surface area contributed by atoms with E-state index in [1.165, 1.54) is 22.3 Å². The average Bonchev–Trinajstić information content (AvgIpc) is 3.54. The van der Waals surface area contributed by atoms with E-state index < -0.39 is 21.0 Å². The molecule has 0 fully saturated rings. The molecule has 5 heteroatoms. The van der Waals surface area contributed by atoms with E-state index in [0.29, 0.717) is 0 Å². The van der Waals surface area contributed by atoms with Crippen molar-refractivity contribution < 1.29 is 40.6 Å². The van der Waals surface area contributed by atoms with Crippen molar-refractivity contribution in [3.63, 3.8) is 0 Å². The van der Waals surface area contributed by atoms with Crippen LogP contribution in [0.15, 0.2) is 79.5 Å². The van der Waals surface area contributed by atoms with Crippen LogP contribution in [0.5, 0.6) is 11.5 Å². The van der Waals surface area contributed by atoms with Gasteiger partial charge in [-0.2, -0.15) is 0 Å². The predicted octanol–water partition coefficient (Wildman–Crippen LogP) is 7.35. The first-order chi connectivity index (χ1) is 18.0. The van der Waals surface area contributed by atoms with E-state index in [0.717, 1.165) is 24.3 Å². The molecule has 38 heavy (non-hydrogen) atoms. The van der Waals surface area contributed by atoms with Crippen LogP contribution in [0.25, 0.3) is 11.1 Å². The number of benzene rings is 2. The summed E-state index contributed by atoms with van der Waals surface area (Å²) in [5.41, 5.74) is 5.28. The molecule has 0 aromatic heterocycles. The number of ether oxygens (including phenoxy) is 2. The molecule has 0 heterocycles. The molecule has 2 N–H and O–H groups in total. The molecule has 0 spiro atoms. The Morgan fingerprint density at radius 3 is 1.24 bits per heavy atom. The number of allylic oxidation sites excluding steroid dienone is 8. The number of aliphatic hydroxyl groups excluding tert-OH is 2. The van der Waals surface area contributed by atoms with Gasteiger partial charge in [-0.3, -0.25) is 0 Å². The monoisotopic (exact) mass is 684 g/mol. The van der Waals surface area contributed by atoms with Gasteiger partial charge in [0.25, 0.3) is 0 Å². The molecule has 0 radical (unpaired) electrons. The van der Waals surface area contributed by atoms with E-state index in [1.54, 1.807) is 51.8 Å². The van der Waals surface area contributed by atoms with Gasteiger partial charge in [0.15, 0.2) is 0 Å². The molecular formula is C33H44HfO4. The third-order valence-corrected chi connectivity index (χ3v) is 16.4. The zero-order chi connectivity index (χ0) is 28.2. The summed E-state index contributed by atoms with van der Waals surface area (Å²) in [4.78, 5) is 0. The molecule has 2 aliphatic rings. The van der Waals surface area contributed by atoms with E-state index in [9.17, 15) is 0 Å². The van der Waals surface area contributed by atoms with Crippen LogP contribution in [-0.4, -0.2) is 39.9 Å². The Hall–Kier alpha value is -2.34. The molecule has 204 valence electrons. The third-order valence-electron chi connectivity index (χ3n) is 5.73. The number of methoxy groups -OCH3 is 2. The fraction of sp³-hybridized carbons (Fsp3) is 0.364. The molecular weight excluding hydrogens is 639 g/mol. The summed E-state index contributed by atoms with van der Waals surface area (Å²) in [6.45, 7) is 11.6. The van der Waals surface area contributed by atoms with Crippen molar-refractivity contribution in [2.24, 2.45) is 0 Å². The standard InChI is InChI=1S/2C12H11O.2C3H8O.C3H6.Hf/c2*1-13-12-8-6-11(7-9-12)10-4-2-3-5-10;2*1-3(2)4;1-3-2;/h2*4-9H,2H2,1H3;2*3-4H,1-2H3;1-2H3;. The van der Waals surface area contributed by atoms with Crippen molar-refractivity contribution in [3.05, 3.63) is 90.6 Å². The summed E-state index contributed by atoms with van der Waals surface area (Å²) in [7, 11) is 3.43. The Labute approximate surface area is 237 Å². The van der Waals surface area contributed by atoms with Crippen molar-refractivity contribution in [2.75, 3.05) is 14.2 Å². The van der Waals surface area contributed by atoms with Gasteiger partial charge in [0.1, 0.15) is 0 Å². The molecule has 0 saturated heterocycles. The molecule has 2 aliphatic carbocycles. The Bertz CT molecular complexity index is 1100. The van der Waals surface area contributed by atoms with Crippen LogP contribution in [-0.2, 0) is 21.0 Å². The van der Waals surface area contributed by atoms with Crippen LogP contribution < -0.4 is 9.47 Å². The van der Waals surface area contributed by atoms with Gasteiger partial charge in [-0.1, -0.05) is 0 Å². The second-order valence-electron chi connectivity index (χ2n) is 10.1. The van der Waals surface area contributed by atoms with Gasteiger partial charge in [0.05, 0.1) is 0 Å². The van der Waals surface area contributed by atoms with E-state index in [4.69, 9.17) is 19.7 Å². The van der Waals surface area contributed by atoms with E-state index in [-0.39, 0.29) is 12.2 Å². The predicted molar refractivity (Wildman–Crippen MR) is 158 cm³/mol. The first kappa shape index (κ1) is 31.9. The summed E-state index contributed by atoms with van der Waals surface area (Å²) in [6, 6.07) is 16.8. The quantitative estimate of drug-likeness (QED) is 0.313. The van der Waals surface area contributed by atoms with Gasteiger partial charge in [-0.15, -0.1) is 0 Å². The van der Waals surface area contributed by atoms with Gasteiger partial charge in [-0.05, 0) is 27.7 Å². The second kappa shape index (κ2) is 15.9. The van der Waals surface area contributed by atoms with Crippen LogP contribution >= 0.6 is 0 Å². The van der Waals surface area contributed by atoms with Crippen LogP contribution in [0.1, 0.15) is 65.5 Å². The molecule has 0 aliphatic heterocycles. The fourth-order valence-corrected chi connectivity index (χ4v) is 14.7. The average molecular weight is 683 g/mol. The zero-order valence-electron chi connectivity index (χ0n) is 24.2. The van der Waals surface area contributed by atoms with Crippen molar-refractivity contribution in [1.29, 1.82) is 0 Å². The van der Waals surface area contributed by atoms with Crippen molar-refractivity contribution >= 4 is 14.4 Å². The number of hydrogen-bond acceptors (Lipinski definition) is 4. The Kier molecular flexibility index (Phi) is 13.4. The molecule has 4 nitrogen and oxygen atoms in total. The maximum atomic E-state index is 8.06. The summed E-state index contributed by atoms with van der Waals surface area (Å²) in [5, 5.41) is 16.1. The maximum absolute atomic E-state index is 8.06. The van der Waals surface area contributed by atoms with E-state index >= 15 is 0 Å². The van der Waals surface area contributed by atoms with Gasteiger partial charge in [0, 0.05) is 12.2 Å². The third kappa shape index (κ3) is 10.1. The summed E-state index contributed by atoms with van der Waals surface area (Å²) < 4.78 is 15.7. The number of aliphatic hydroxyl groups is 2. The van der Waals surface area contributed by atoms with Crippen LogP contribution in [0.3, 0.4) is 0 Å². The summed E-state index contributed by atoms with van der Waals surface area (Å²) >= 11 is -2.18. The van der Waals surface area contributed by atoms with Crippen molar-refractivity contribution in [1.82, 2.24) is 0 Å². The number of rotatable bonds is 6. The van der Waals surface area contributed by atoms with Crippen LogP contribution in [0, 0.1) is 0 Å². The minimum atomic E-state index is -2.18. The van der Waals surface area contributed by atoms with Crippen molar-refractivity contribution in [2.45, 2.75) is 66.6 Å². The molecule has 0 bridgehead atoms. The zero-order valence-corrected chi connectivity index (χ0v) is 27.8. The molecule has 0 amide bonds. The van der Waals surface area contributed by atoms with Crippen LogP contribution in [0.2, 0.25) is 0 Å². The topological polar surface area (TPSA) is 58.9 Å². The van der Waals surface area contributed by atoms with E-state index in [2.05, 4.69) is 62.4 Å². The molecule has 0 saturated carbocycles. The Balaban J connectivity index is 0.000000559. The number of hydrogen-bond donors (Lipinski definition) is 2. The fourth-order valence-electron chi connectivity index (χ4n) is 4.22. The van der Waals surface area contributed by atoms with Gasteiger partial charge in [-0.25, -0.2) is 0 Å². The summed E-state index contributed by atoms with van der Waals surface area (Å²) in [6.07, 6.45) is 11.6. The first-order valence-electron chi connectivity index (χ1n) is 13.2. The first-order valence-corrected chi connectivity index (χ1v) is 18.6. The van der Waals surface area contributed by atoms with Crippen LogP contribution in [0.4, 0.5) is 0 Å². The van der Waals surface area contributed by atoms with Gasteiger partial charge >= 0.3 is 188 Å². The summed E-state index contributed by atoms with van der Waals surface area (Å²) in [5.74, 6) is 1.81. The normalized spacial score (nSPS) is 13.9. The van der Waals surface area contributed by atoms with Crippen molar-refractivity contribution in [3.8, 4) is 11.5 Å². The van der Waals surface area contributed by atoms with Gasteiger partial charge in [0.2, 0.25) is 0 Å². The minimum absolute atomic E-state index is 0.167.